The Morgan fingerprint density at radius 1 is 1.24 bits per heavy atom. The van der Waals surface area contributed by atoms with Crippen molar-refractivity contribution in [2.24, 2.45) is 0 Å². The van der Waals surface area contributed by atoms with Crippen molar-refractivity contribution in [1.29, 1.82) is 0 Å². The highest BCUT2D eigenvalue weighted by molar-refractivity contribution is 5.78. The molecule has 1 aliphatic rings. The molecule has 5 heteroatoms. The second kappa shape index (κ2) is 7.71. The summed E-state index contributed by atoms with van der Waals surface area (Å²) in [6, 6.07) is 11.2. The third kappa shape index (κ3) is 4.51. The molecular weight excluding hydrogens is 268 g/mol. The lowest BCUT2D eigenvalue weighted by atomic mass is 10.2. The highest BCUT2D eigenvalue weighted by atomic mass is 16.5. The van der Waals surface area contributed by atoms with Gasteiger partial charge in [-0.25, -0.2) is 4.98 Å². The van der Waals surface area contributed by atoms with Crippen molar-refractivity contribution in [3.63, 3.8) is 0 Å². The second-order valence-electron chi connectivity index (χ2n) is 4.89. The van der Waals surface area contributed by atoms with Crippen molar-refractivity contribution in [1.82, 2.24) is 9.88 Å². The fourth-order valence-electron chi connectivity index (χ4n) is 2.13. The van der Waals surface area contributed by atoms with Crippen molar-refractivity contribution < 1.29 is 14.6 Å². The summed E-state index contributed by atoms with van der Waals surface area (Å²) < 4.78 is 5.14. The smallest absolute Gasteiger partial charge is 0.211 e. The Labute approximate surface area is 124 Å². The number of carbonyl (C=O) groups excluding carboxylic acids is 1. The van der Waals surface area contributed by atoms with Crippen molar-refractivity contribution in [3.8, 4) is 5.88 Å². The minimum Gasteiger partial charge on any atom is -0.493 e. The van der Waals surface area contributed by atoms with E-state index in [0.29, 0.717) is 0 Å². The molecule has 0 saturated carbocycles. The van der Waals surface area contributed by atoms with Crippen molar-refractivity contribution in [2.45, 2.75) is 13.0 Å². The number of aromatic nitrogens is 1. The van der Waals surface area contributed by atoms with Crippen LogP contribution in [0.2, 0.25) is 0 Å². The number of rotatable bonds is 2. The molecule has 1 fully saturated rings. The molecule has 21 heavy (non-hydrogen) atoms. The predicted octanol–water partition coefficient (Wildman–Crippen LogP) is 1.85. The molecule has 1 aliphatic heterocycles. The minimum atomic E-state index is 0.0592. The number of carbonyl (C=O) groups is 1. The van der Waals surface area contributed by atoms with E-state index < -0.39 is 0 Å². The zero-order valence-electron chi connectivity index (χ0n) is 12.1. The number of hydrogen-bond acceptors (Lipinski definition) is 5. The Balaban J connectivity index is 0.000000155. The van der Waals surface area contributed by atoms with Crippen LogP contribution in [0, 0.1) is 0 Å². The Morgan fingerprint density at radius 2 is 1.95 bits per heavy atom. The van der Waals surface area contributed by atoms with Gasteiger partial charge in [-0.3, -0.25) is 4.90 Å². The van der Waals surface area contributed by atoms with Crippen LogP contribution in [0.5, 0.6) is 5.88 Å². The highest BCUT2D eigenvalue weighted by Crippen LogP contribution is 2.14. The number of nitrogens with zero attached hydrogens (tertiary/aromatic N) is 2. The van der Waals surface area contributed by atoms with Crippen LogP contribution in [0.3, 0.4) is 0 Å². The van der Waals surface area contributed by atoms with Gasteiger partial charge in [-0.05, 0) is 19.1 Å². The topological polar surface area (TPSA) is 62.7 Å². The molecule has 112 valence electrons. The van der Waals surface area contributed by atoms with Crippen LogP contribution < -0.4 is 0 Å². The van der Waals surface area contributed by atoms with Gasteiger partial charge < -0.3 is 14.6 Å². The van der Waals surface area contributed by atoms with Crippen molar-refractivity contribution >= 4 is 17.2 Å². The molecule has 3 rings (SSSR count). The summed E-state index contributed by atoms with van der Waals surface area (Å²) in [6.45, 7) is 5.22. The number of ether oxygens (including phenoxy) is 1. The minimum absolute atomic E-state index is 0.0592. The normalized spacial score (nSPS) is 16.8. The zero-order valence-corrected chi connectivity index (χ0v) is 12.1. The van der Waals surface area contributed by atoms with E-state index in [2.05, 4.69) is 9.88 Å². The monoisotopic (exact) mass is 288 g/mol. The largest absolute Gasteiger partial charge is 0.493 e. The van der Waals surface area contributed by atoms with Gasteiger partial charge in [0.05, 0.1) is 24.8 Å². The molecule has 0 bridgehead atoms. The van der Waals surface area contributed by atoms with E-state index >= 15 is 0 Å². The number of benzene rings is 1. The third-order valence-electron chi connectivity index (χ3n) is 3.40. The Bertz CT molecular complexity index is 582. The molecule has 0 amide bonds. The van der Waals surface area contributed by atoms with Crippen LogP contribution in [-0.2, 0) is 9.53 Å². The molecule has 0 aliphatic carbocycles. The number of hydrogen-bond donors (Lipinski definition) is 1. The molecule has 1 unspecified atom stereocenters. The quantitative estimate of drug-likeness (QED) is 0.854. The standard InChI is InChI=1S/C9H7NO.C7H13NO2/c11-9-6-5-7-3-1-2-4-8(7)10-9;1-7(6-9)8-2-4-10-5-3-8/h1-6H,(H,10,11);6-7H,2-5H2,1H3. The average Bonchev–Trinajstić information content (AvgIpc) is 2.55. The lowest BCUT2D eigenvalue weighted by Crippen LogP contribution is -2.42. The Morgan fingerprint density at radius 3 is 2.67 bits per heavy atom. The first-order valence-corrected chi connectivity index (χ1v) is 7.02. The van der Waals surface area contributed by atoms with Gasteiger partial charge in [0, 0.05) is 24.5 Å². The third-order valence-corrected chi connectivity index (χ3v) is 3.40. The zero-order chi connectivity index (χ0) is 15.1. The summed E-state index contributed by atoms with van der Waals surface area (Å²) in [6.07, 6.45) is 0.978. The fraction of sp³-hybridized carbons (Fsp3) is 0.375. The molecule has 1 aromatic carbocycles. The SMILES string of the molecule is CC(C=O)N1CCOCC1.Oc1ccc2ccccc2n1. The summed E-state index contributed by atoms with van der Waals surface area (Å²) in [7, 11) is 0. The highest BCUT2D eigenvalue weighted by Gasteiger charge is 2.15. The van der Waals surface area contributed by atoms with E-state index in [1.54, 1.807) is 6.07 Å². The van der Waals surface area contributed by atoms with E-state index in [0.717, 1.165) is 43.5 Å². The molecule has 1 N–H and O–H groups in total. The number of para-hydroxylation sites is 1. The summed E-state index contributed by atoms with van der Waals surface area (Å²) in [5.41, 5.74) is 0.826. The second-order valence-corrected chi connectivity index (χ2v) is 4.89. The number of pyridine rings is 1. The van der Waals surface area contributed by atoms with Crippen molar-refractivity contribution in [2.75, 3.05) is 26.3 Å². The number of aromatic hydroxyl groups is 1. The van der Waals surface area contributed by atoms with Crippen LogP contribution in [0.4, 0.5) is 0 Å². The first-order chi connectivity index (χ1) is 10.2. The molecule has 2 aromatic rings. The van der Waals surface area contributed by atoms with Gasteiger partial charge in [0.2, 0.25) is 5.88 Å². The average molecular weight is 288 g/mol. The van der Waals surface area contributed by atoms with Gasteiger partial charge in [0.25, 0.3) is 0 Å². The van der Waals surface area contributed by atoms with Gasteiger partial charge >= 0.3 is 0 Å². The summed E-state index contributed by atoms with van der Waals surface area (Å²) in [4.78, 5) is 16.4. The lowest BCUT2D eigenvalue weighted by molar-refractivity contribution is -0.113. The molecule has 1 saturated heterocycles. The number of aldehydes is 1. The first-order valence-electron chi connectivity index (χ1n) is 7.02. The lowest BCUT2D eigenvalue weighted by Gasteiger charge is -2.28. The van der Waals surface area contributed by atoms with Crippen LogP contribution in [0.1, 0.15) is 6.92 Å². The summed E-state index contributed by atoms with van der Waals surface area (Å²) in [5, 5.41) is 10.1. The molecule has 1 atom stereocenters. The van der Waals surface area contributed by atoms with Gasteiger partial charge in [-0.15, -0.1) is 0 Å². The van der Waals surface area contributed by atoms with E-state index in [4.69, 9.17) is 9.84 Å². The number of morpholine rings is 1. The molecule has 0 spiro atoms. The summed E-state index contributed by atoms with van der Waals surface area (Å²) in [5.74, 6) is 0.0729. The van der Waals surface area contributed by atoms with Crippen LogP contribution in [0.15, 0.2) is 36.4 Å². The van der Waals surface area contributed by atoms with Gasteiger partial charge in [-0.2, -0.15) is 0 Å². The summed E-state index contributed by atoms with van der Waals surface area (Å²) >= 11 is 0. The molecule has 2 heterocycles. The van der Waals surface area contributed by atoms with Crippen LogP contribution in [0.25, 0.3) is 10.9 Å². The molecule has 1 aromatic heterocycles. The van der Waals surface area contributed by atoms with E-state index in [1.165, 1.54) is 0 Å². The Kier molecular flexibility index (Phi) is 5.66. The van der Waals surface area contributed by atoms with Gasteiger partial charge in [0.1, 0.15) is 6.29 Å². The maximum Gasteiger partial charge on any atom is 0.211 e. The van der Waals surface area contributed by atoms with E-state index in [9.17, 15) is 4.79 Å². The van der Waals surface area contributed by atoms with Crippen molar-refractivity contribution in [3.05, 3.63) is 36.4 Å². The molecule has 0 radical (unpaired) electrons. The van der Waals surface area contributed by atoms with E-state index in [1.807, 2.05) is 37.3 Å². The number of fused-ring (bicyclic) bond motifs is 1. The fourth-order valence-corrected chi connectivity index (χ4v) is 2.13. The van der Waals surface area contributed by atoms with E-state index in [-0.39, 0.29) is 11.9 Å². The van der Waals surface area contributed by atoms with Gasteiger partial charge in [-0.1, -0.05) is 18.2 Å². The predicted molar refractivity (Wildman–Crippen MR) is 81.3 cm³/mol. The Hall–Kier alpha value is -1.98. The van der Waals surface area contributed by atoms with Gasteiger partial charge in [0.15, 0.2) is 0 Å². The molecular formula is C16H20N2O3. The maximum atomic E-state index is 10.3. The maximum absolute atomic E-state index is 10.3. The van der Waals surface area contributed by atoms with Crippen LogP contribution in [-0.4, -0.2) is 53.6 Å². The first kappa shape index (κ1) is 15.4. The van der Waals surface area contributed by atoms with Crippen LogP contribution >= 0.6 is 0 Å². The molecule has 5 nitrogen and oxygen atoms in total.